The third-order valence-corrected chi connectivity index (χ3v) is 4.75. The van der Waals surface area contributed by atoms with Gasteiger partial charge in [-0.05, 0) is 45.2 Å². The van der Waals surface area contributed by atoms with Crippen LogP contribution in [0.15, 0.2) is 4.52 Å². The summed E-state index contributed by atoms with van der Waals surface area (Å²) in [6.07, 6.45) is 4.21. The molecule has 22 heavy (non-hydrogen) atoms. The summed E-state index contributed by atoms with van der Waals surface area (Å²) >= 11 is 0. The molecule has 0 bridgehead atoms. The number of nitrogens with zero attached hydrogens (tertiary/aromatic N) is 4. The van der Waals surface area contributed by atoms with Crippen molar-refractivity contribution < 1.29 is 14.4 Å². The van der Waals surface area contributed by atoms with Gasteiger partial charge in [-0.15, -0.1) is 0 Å². The molecule has 0 spiro atoms. The molecule has 1 aromatic heterocycles. The average Bonchev–Trinajstić information content (AvgIpc) is 3.22. The standard InChI is InChI=1S/C15H24N4O3/c1-10-16-13(17-22-10)9-19-7-3-4-12(8-19)18(2)14(15(20)21)11-5-6-11/h11-12,14H,3-9H2,1-2H3,(H,20,21). The summed E-state index contributed by atoms with van der Waals surface area (Å²) in [5.74, 6) is 0.937. The van der Waals surface area contributed by atoms with Crippen LogP contribution in [0.3, 0.4) is 0 Å². The van der Waals surface area contributed by atoms with Crippen LogP contribution in [0, 0.1) is 12.8 Å². The first kappa shape index (κ1) is 15.4. The lowest BCUT2D eigenvalue weighted by Gasteiger charge is -2.39. The second kappa shape index (κ2) is 6.34. The molecule has 0 aromatic carbocycles. The van der Waals surface area contributed by atoms with E-state index in [1.165, 1.54) is 0 Å². The van der Waals surface area contributed by atoms with Gasteiger partial charge in [-0.2, -0.15) is 4.98 Å². The van der Waals surface area contributed by atoms with Crippen LogP contribution in [0.4, 0.5) is 0 Å². The molecule has 7 nitrogen and oxygen atoms in total. The second-order valence-corrected chi connectivity index (χ2v) is 6.55. The maximum absolute atomic E-state index is 11.6. The molecular weight excluding hydrogens is 284 g/mol. The van der Waals surface area contributed by atoms with Crippen molar-refractivity contribution in [3.8, 4) is 0 Å². The second-order valence-electron chi connectivity index (χ2n) is 6.55. The predicted octanol–water partition coefficient (Wildman–Crippen LogP) is 1.14. The van der Waals surface area contributed by atoms with Crippen molar-refractivity contribution >= 4 is 5.97 Å². The number of aromatic nitrogens is 2. The molecule has 0 amide bonds. The normalized spacial score (nSPS) is 24.6. The fourth-order valence-electron chi connectivity index (χ4n) is 3.46. The lowest BCUT2D eigenvalue weighted by atomic mass is 10.0. The number of aryl methyl sites for hydroxylation is 1. The molecule has 2 fully saturated rings. The fraction of sp³-hybridized carbons (Fsp3) is 0.800. The van der Waals surface area contributed by atoms with Gasteiger partial charge in [-0.1, -0.05) is 5.16 Å². The Bertz CT molecular complexity index is 529. The SMILES string of the molecule is Cc1nc(CN2CCCC(N(C)C(C(=O)O)C3CC3)C2)no1. The van der Waals surface area contributed by atoms with Crippen molar-refractivity contribution in [2.45, 2.75) is 51.2 Å². The minimum atomic E-state index is -0.684. The van der Waals surface area contributed by atoms with E-state index in [4.69, 9.17) is 4.52 Å². The first-order chi connectivity index (χ1) is 10.5. The Balaban J connectivity index is 1.60. The van der Waals surface area contributed by atoms with Gasteiger partial charge in [0.15, 0.2) is 5.82 Å². The van der Waals surface area contributed by atoms with Crippen molar-refractivity contribution in [1.29, 1.82) is 0 Å². The van der Waals surface area contributed by atoms with Gasteiger partial charge in [0.1, 0.15) is 6.04 Å². The number of carbonyl (C=O) groups is 1. The zero-order valence-corrected chi connectivity index (χ0v) is 13.2. The molecule has 1 aliphatic heterocycles. The van der Waals surface area contributed by atoms with Crippen LogP contribution in [-0.2, 0) is 11.3 Å². The minimum absolute atomic E-state index is 0.281. The Hall–Kier alpha value is -1.47. The molecule has 3 rings (SSSR count). The van der Waals surface area contributed by atoms with E-state index in [2.05, 4.69) is 19.9 Å². The van der Waals surface area contributed by atoms with Gasteiger partial charge in [-0.25, -0.2) is 0 Å². The van der Waals surface area contributed by atoms with Gasteiger partial charge >= 0.3 is 5.97 Å². The van der Waals surface area contributed by atoms with Crippen molar-refractivity contribution in [3.63, 3.8) is 0 Å². The number of likely N-dealkylation sites (N-methyl/N-ethyl adjacent to an activating group) is 1. The summed E-state index contributed by atoms with van der Waals surface area (Å²) in [5, 5.41) is 13.4. The molecule has 122 valence electrons. The van der Waals surface area contributed by atoms with Crippen LogP contribution >= 0.6 is 0 Å². The Kier molecular flexibility index (Phi) is 4.44. The summed E-state index contributed by atoms with van der Waals surface area (Å²) in [5.41, 5.74) is 0. The lowest BCUT2D eigenvalue weighted by Crippen LogP contribution is -2.52. The summed E-state index contributed by atoms with van der Waals surface area (Å²) in [4.78, 5) is 20.2. The third kappa shape index (κ3) is 3.47. The Morgan fingerprint density at radius 3 is 2.86 bits per heavy atom. The van der Waals surface area contributed by atoms with Crippen molar-refractivity contribution in [3.05, 3.63) is 11.7 Å². The molecule has 1 N–H and O–H groups in total. The number of likely N-dealkylation sites (tertiary alicyclic amines) is 1. The number of rotatable bonds is 6. The highest BCUT2D eigenvalue weighted by atomic mass is 16.5. The highest BCUT2D eigenvalue weighted by Gasteiger charge is 2.41. The maximum Gasteiger partial charge on any atom is 0.321 e. The monoisotopic (exact) mass is 308 g/mol. The molecule has 1 saturated carbocycles. The molecule has 1 aliphatic carbocycles. The largest absolute Gasteiger partial charge is 0.480 e. The molecule has 7 heteroatoms. The first-order valence-corrected chi connectivity index (χ1v) is 8.01. The number of piperidine rings is 1. The number of carboxylic acid groups (broad SMARTS) is 1. The van der Waals surface area contributed by atoms with Crippen molar-refractivity contribution in [2.24, 2.45) is 5.92 Å². The minimum Gasteiger partial charge on any atom is -0.480 e. The first-order valence-electron chi connectivity index (χ1n) is 8.01. The number of carboxylic acids is 1. The van der Waals surface area contributed by atoms with Gasteiger partial charge in [0.2, 0.25) is 5.89 Å². The average molecular weight is 308 g/mol. The summed E-state index contributed by atoms with van der Waals surface area (Å²) in [6, 6.07) is -0.0548. The van der Waals surface area contributed by atoms with E-state index in [-0.39, 0.29) is 12.1 Å². The van der Waals surface area contributed by atoms with E-state index in [0.29, 0.717) is 24.2 Å². The van der Waals surface area contributed by atoms with E-state index in [1.54, 1.807) is 6.92 Å². The molecule has 1 saturated heterocycles. The van der Waals surface area contributed by atoms with Gasteiger partial charge in [0, 0.05) is 19.5 Å². The van der Waals surface area contributed by atoms with Gasteiger partial charge < -0.3 is 9.63 Å². The lowest BCUT2D eigenvalue weighted by molar-refractivity contribution is -0.145. The van der Waals surface area contributed by atoms with E-state index in [0.717, 1.165) is 38.8 Å². The van der Waals surface area contributed by atoms with Crippen LogP contribution in [0.25, 0.3) is 0 Å². The molecule has 0 radical (unpaired) electrons. The van der Waals surface area contributed by atoms with Crippen LogP contribution in [0.1, 0.15) is 37.4 Å². The van der Waals surface area contributed by atoms with Crippen LogP contribution in [0.2, 0.25) is 0 Å². The number of hydrogen-bond acceptors (Lipinski definition) is 6. The molecular formula is C15H24N4O3. The Labute approximate surface area is 130 Å². The Morgan fingerprint density at radius 2 is 2.27 bits per heavy atom. The molecule has 2 heterocycles. The summed E-state index contributed by atoms with van der Waals surface area (Å²) in [7, 11) is 1.96. The highest BCUT2D eigenvalue weighted by Crippen LogP contribution is 2.36. The summed E-state index contributed by atoms with van der Waals surface area (Å²) in [6.45, 7) is 4.32. The zero-order valence-electron chi connectivity index (χ0n) is 13.2. The molecule has 2 aliphatic rings. The third-order valence-electron chi connectivity index (χ3n) is 4.75. The smallest absolute Gasteiger partial charge is 0.321 e. The quantitative estimate of drug-likeness (QED) is 0.843. The van der Waals surface area contributed by atoms with Crippen LogP contribution in [-0.4, -0.2) is 63.2 Å². The van der Waals surface area contributed by atoms with E-state index in [9.17, 15) is 9.90 Å². The van der Waals surface area contributed by atoms with Crippen LogP contribution < -0.4 is 0 Å². The van der Waals surface area contributed by atoms with E-state index < -0.39 is 5.97 Å². The van der Waals surface area contributed by atoms with Crippen LogP contribution in [0.5, 0.6) is 0 Å². The molecule has 2 atom stereocenters. The predicted molar refractivity (Wildman–Crippen MR) is 79.2 cm³/mol. The van der Waals surface area contributed by atoms with Crippen molar-refractivity contribution in [2.75, 3.05) is 20.1 Å². The topological polar surface area (TPSA) is 82.7 Å². The maximum atomic E-state index is 11.6. The van der Waals surface area contributed by atoms with Crippen molar-refractivity contribution in [1.82, 2.24) is 19.9 Å². The van der Waals surface area contributed by atoms with Gasteiger partial charge in [0.25, 0.3) is 0 Å². The van der Waals surface area contributed by atoms with E-state index in [1.807, 2.05) is 7.05 Å². The van der Waals surface area contributed by atoms with Gasteiger partial charge in [0.05, 0.1) is 6.54 Å². The molecule has 1 aromatic rings. The number of aliphatic carboxylic acids is 1. The Morgan fingerprint density at radius 1 is 1.50 bits per heavy atom. The molecule has 2 unspecified atom stereocenters. The number of hydrogen-bond donors (Lipinski definition) is 1. The zero-order chi connectivity index (χ0) is 15.7. The van der Waals surface area contributed by atoms with Gasteiger partial charge in [-0.3, -0.25) is 14.6 Å². The highest BCUT2D eigenvalue weighted by molar-refractivity contribution is 5.74. The fourth-order valence-corrected chi connectivity index (χ4v) is 3.46. The van der Waals surface area contributed by atoms with E-state index >= 15 is 0 Å². The summed E-state index contributed by atoms with van der Waals surface area (Å²) < 4.78 is 5.01.